The third-order valence-electron chi connectivity index (χ3n) is 3.31. The number of amides is 1. The van der Waals surface area contributed by atoms with Crippen LogP contribution in [0.5, 0.6) is 5.75 Å². The Bertz CT molecular complexity index is 602. The topological polar surface area (TPSA) is 50.4 Å². The molecule has 1 atom stereocenters. The highest BCUT2D eigenvalue weighted by Crippen LogP contribution is 2.23. The first-order chi connectivity index (χ1) is 11.2. The molecular formula is C18H21ClN2O2. The maximum atomic E-state index is 12.5. The fourth-order valence-corrected chi connectivity index (χ4v) is 2.25. The molecule has 0 aliphatic heterocycles. The van der Waals surface area contributed by atoms with E-state index in [1.54, 1.807) is 24.3 Å². The van der Waals surface area contributed by atoms with Gasteiger partial charge in [0.2, 0.25) is 6.10 Å². The number of hydrogen-bond acceptors (Lipinski definition) is 3. The molecule has 2 rings (SSSR count). The van der Waals surface area contributed by atoms with Crippen LogP contribution in [0, 0.1) is 0 Å². The Labute approximate surface area is 141 Å². The SMILES string of the molecule is CNCCCNC(=O)C(Oc1ccc(Cl)cc1)c1ccccc1. The van der Waals surface area contributed by atoms with E-state index in [0.29, 0.717) is 17.3 Å². The number of benzene rings is 2. The molecule has 0 fully saturated rings. The minimum atomic E-state index is -0.688. The molecule has 0 radical (unpaired) electrons. The highest BCUT2D eigenvalue weighted by Gasteiger charge is 2.22. The molecule has 0 saturated carbocycles. The summed E-state index contributed by atoms with van der Waals surface area (Å²) in [6, 6.07) is 16.4. The molecule has 5 heteroatoms. The van der Waals surface area contributed by atoms with Gasteiger partial charge in [-0.1, -0.05) is 41.9 Å². The zero-order valence-corrected chi connectivity index (χ0v) is 13.8. The van der Waals surface area contributed by atoms with Gasteiger partial charge in [0.25, 0.3) is 5.91 Å². The summed E-state index contributed by atoms with van der Waals surface area (Å²) < 4.78 is 5.89. The van der Waals surface area contributed by atoms with Crippen LogP contribution in [0.25, 0.3) is 0 Å². The quantitative estimate of drug-likeness (QED) is 0.730. The van der Waals surface area contributed by atoms with Crippen LogP contribution in [0.1, 0.15) is 18.1 Å². The second-order valence-electron chi connectivity index (χ2n) is 5.11. The molecule has 0 spiro atoms. The first kappa shape index (κ1) is 17.3. The van der Waals surface area contributed by atoms with Gasteiger partial charge in [-0.05, 0) is 44.3 Å². The molecule has 2 N–H and O–H groups in total. The summed E-state index contributed by atoms with van der Waals surface area (Å²) in [5, 5.41) is 6.60. The lowest BCUT2D eigenvalue weighted by molar-refractivity contribution is -0.128. The van der Waals surface area contributed by atoms with Crippen molar-refractivity contribution in [2.45, 2.75) is 12.5 Å². The van der Waals surface area contributed by atoms with Crippen molar-refractivity contribution in [3.63, 3.8) is 0 Å². The van der Waals surface area contributed by atoms with E-state index in [-0.39, 0.29) is 5.91 Å². The van der Waals surface area contributed by atoms with Crippen molar-refractivity contribution in [1.29, 1.82) is 0 Å². The molecule has 0 bridgehead atoms. The zero-order chi connectivity index (χ0) is 16.5. The molecule has 2 aromatic carbocycles. The van der Waals surface area contributed by atoms with Crippen molar-refractivity contribution in [3.05, 3.63) is 65.2 Å². The molecule has 0 aliphatic rings. The summed E-state index contributed by atoms with van der Waals surface area (Å²) in [5.41, 5.74) is 0.813. The van der Waals surface area contributed by atoms with E-state index >= 15 is 0 Å². The van der Waals surface area contributed by atoms with Crippen molar-refractivity contribution in [3.8, 4) is 5.75 Å². The first-order valence-electron chi connectivity index (χ1n) is 7.60. The van der Waals surface area contributed by atoms with Crippen LogP contribution in [-0.2, 0) is 4.79 Å². The van der Waals surface area contributed by atoms with Gasteiger partial charge in [0.05, 0.1) is 0 Å². The Morgan fingerprint density at radius 1 is 1.09 bits per heavy atom. The molecule has 122 valence electrons. The average Bonchev–Trinajstić information content (AvgIpc) is 2.59. The molecule has 0 aromatic heterocycles. The van der Waals surface area contributed by atoms with Crippen LogP contribution in [0.2, 0.25) is 5.02 Å². The van der Waals surface area contributed by atoms with Crippen LogP contribution >= 0.6 is 11.6 Å². The summed E-state index contributed by atoms with van der Waals surface area (Å²) in [4.78, 5) is 12.5. The van der Waals surface area contributed by atoms with Crippen LogP contribution < -0.4 is 15.4 Å². The number of ether oxygens (including phenoxy) is 1. The van der Waals surface area contributed by atoms with E-state index in [4.69, 9.17) is 16.3 Å². The van der Waals surface area contributed by atoms with E-state index in [2.05, 4.69) is 10.6 Å². The van der Waals surface area contributed by atoms with Crippen LogP contribution in [0.15, 0.2) is 54.6 Å². The van der Waals surface area contributed by atoms with Gasteiger partial charge in [-0.15, -0.1) is 0 Å². The van der Waals surface area contributed by atoms with Gasteiger partial charge in [-0.3, -0.25) is 4.79 Å². The summed E-state index contributed by atoms with van der Waals surface area (Å²) in [6.45, 7) is 1.46. The number of nitrogens with one attached hydrogen (secondary N) is 2. The van der Waals surface area contributed by atoms with Crippen molar-refractivity contribution in [1.82, 2.24) is 10.6 Å². The lowest BCUT2D eigenvalue weighted by Crippen LogP contribution is -2.34. The lowest BCUT2D eigenvalue weighted by Gasteiger charge is -2.19. The second-order valence-corrected chi connectivity index (χ2v) is 5.55. The predicted octanol–water partition coefficient (Wildman–Crippen LogP) is 3.19. The van der Waals surface area contributed by atoms with Crippen molar-refractivity contribution in [2.75, 3.05) is 20.1 Å². The highest BCUT2D eigenvalue weighted by molar-refractivity contribution is 6.30. The fraction of sp³-hybridized carbons (Fsp3) is 0.278. The third kappa shape index (κ3) is 5.58. The monoisotopic (exact) mass is 332 g/mol. The third-order valence-corrected chi connectivity index (χ3v) is 3.56. The van der Waals surface area contributed by atoms with Gasteiger partial charge >= 0.3 is 0 Å². The molecule has 0 heterocycles. The molecule has 0 saturated heterocycles. The molecule has 4 nitrogen and oxygen atoms in total. The van der Waals surface area contributed by atoms with Gasteiger partial charge in [-0.25, -0.2) is 0 Å². The number of carbonyl (C=O) groups is 1. The molecule has 1 unspecified atom stereocenters. The van der Waals surface area contributed by atoms with Gasteiger partial charge in [0, 0.05) is 17.1 Å². The summed E-state index contributed by atoms with van der Waals surface area (Å²) >= 11 is 5.89. The second kappa shape index (κ2) is 9.18. The number of halogens is 1. The normalized spacial score (nSPS) is 11.7. The summed E-state index contributed by atoms with van der Waals surface area (Å²) in [7, 11) is 1.89. The standard InChI is InChI=1S/C18H21ClN2O2/c1-20-12-5-13-21-18(22)17(14-6-3-2-4-7-14)23-16-10-8-15(19)9-11-16/h2-4,6-11,17,20H,5,12-13H2,1H3,(H,21,22). The van der Waals surface area contributed by atoms with Gasteiger partial charge < -0.3 is 15.4 Å². The Morgan fingerprint density at radius 3 is 2.43 bits per heavy atom. The van der Waals surface area contributed by atoms with E-state index in [9.17, 15) is 4.79 Å². The summed E-state index contributed by atoms with van der Waals surface area (Å²) in [6.07, 6.45) is 0.178. The van der Waals surface area contributed by atoms with E-state index in [0.717, 1.165) is 18.5 Å². The van der Waals surface area contributed by atoms with E-state index in [1.807, 2.05) is 37.4 Å². The van der Waals surface area contributed by atoms with Crippen LogP contribution in [0.3, 0.4) is 0 Å². The lowest BCUT2D eigenvalue weighted by atomic mass is 10.1. The van der Waals surface area contributed by atoms with E-state index < -0.39 is 6.10 Å². The largest absolute Gasteiger partial charge is 0.476 e. The first-order valence-corrected chi connectivity index (χ1v) is 7.98. The Kier molecular flexibility index (Phi) is 6.91. The fourth-order valence-electron chi connectivity index (χ4n) is 2.12. The van der Waals surface area contributed by atoms with Crippen molar-refractivity contribution < 1.29 is 9.53 Å². The number of rotatable bonds is 8. The van der Waals surface area contributed by atoms with Crippen LogP contribution in [0.4, 0.5) is 0 Å². The zero-order valence-electron chi connectivity index (χ0n) is 13.1. The summed E-state index contributed by atoms with van der Waals surface area (Å²) in [5.74, 6) is 0.455. The molecule has 0 aliphatic carbocycles. The molecule has 2 aromatic rings. The Morgan fingerprint density at radius 2 is 1.78 bits per heavy atom. The number of hydrogen-bond donors (Lipinski definition) is 2. The van der Waals surface area contributed by atoms with Crippen LogP contribution in [-0.4, -0.2) is 26.0 Å². The molecule has 23 heavy (non-hydrogen) atoms. The minimum Gasteiger partial charge on any atom is -0.476 e. The predicted molar refractivity (Wildman–Crippen MR) is 92.8 cm³/mol. The smallest absolute Gasteiger partial charge is 0.265 e. The molecule has 1 amide bonds. The number of carbonyl (C=O) groups excluding carboxylic acids is 1. The Hall–Kier alpha value is -2.04. The Balaban J connectivity index is 2.08. The van der Waals surface area contributed by atoms with Gasteiger partial charge in [0.15, 0.2) is 0 Å². The molecular weight excluding hydrogens is 312 g/mol. The minimum absolute atomic E-state index is 0.151. The van der Waals surface area contributed by atoms with Crippen molar-refractivity contribution in [2.24, 2.45) is 0 Å². The average molecular weight is 333 g/mol. The maximum Gasteiger partial charge on any atom is 0.265 e. The highest BCUT2D eigenvalue weighted by atomic mass is 35.5. The maximum absolute atomic E-state index is 12.5. The van der Waals surface area contributed by atoms with Crippen molar-refractivity contribution >= 4 is 17.5 Å². The van der Waals surface area contributed by atoms with E-state index in [1.165, 1.54) is 0 Å². The van der Waals surface area contributed by atoms with Gasteiger partial charge in [0.1, 0.15) is 5.75 Å². The van der Waals surface area contributed by atoms with Gasteiger partial charge in [-0.2, -0.15) is 0 Å².